The van der Waals surface area contributed by atoms with Crippen molar-refractivity contribution in [2.24, 2.45) is 0 Å². The van der Waals surface area contributed by atoms with Crippen LogP contribution in [0.1, 0.15) is 18.4 Å². The van der Waals surface area contributed by atoms with E-state index < -0.39 is 4.92 Å². The van der Waals surface area contributed by atoms with Crippen LogP contribution in [0.25, 0.3) is 0 Å². The van der Waals surface area contributed by atoms with E-state index in [0.29, 0.717) is 6.61 Å². The zero-order valence-corrected chi connectivity index (χ0v) is 8.72. The molecule has 1 rings (SSSR count). The Morgan fingerprint density at radius 2 is 1.94 bits per heavy atom. The molecule has 1 aromatic carbocycles. The minimum absolute atomic E-state index is 0.0997. The van der Waals surface area contributed by atoms with Crippen LogP contribution in [0.2, 0.25) is 0 Å². The highest BCUT2D eigenvalue weighted by molar-refractivity contribution is 5.38. The Balaban J connectivity index is 2.32. The Morgan fingerprint density at radius 1 is 1.25 bits per heavy atom. The van der Waals surface area contributed by atoms with Gasteiger partial charge in [0.05, 0.1) is 11.5 Å². The van der Waals surface area contributed by atoms with Crippen molar-refractivity contribution < 1.29 is 14.5 Å². The largest absolute Gasteiger partial charge is 0.457 e. The average Bonchev–Trinajstić information content (AvgIpc) is 2.29. The molecule has 0 amide bonds. The Kier molecular flexibility index (Phi) is 4.98. The number of benzene rings is 1. The number of nitro groups is 1. The van der Waals surface area contributed by atoms with E-state index in [2.05, 4.69) is 4.74 Å². The second-order valence-electron chi connectivity index (χ2n) is 3.31. The highest BCUT2D eigenvalue weighted by atomic mass is 16.6. The molecular formula is C11H12NO4. The van der Waals surface area contributed by atoms with Gasteiger partial charge in [-0.25, -0.2) is 4.79 Å². The predicted octanol–water partition coefficient (Wildman–Crippen LogP) is 2.00. The monoisotopic (exact) mass is 222 g/mol. The molecular weight excluding hydrogens is 210 g/mol. The van der Waals surface area contributed by atoms with Crippen LogP contribution in [0, 0.1) is 10.1 Å². The topological polar surface area (TPSA) is 69.4 Å². The molecule has 1 aromatic rings. The van der Waals surface area contributed by atoms with Gasteiger partial charge in [0.25, 0.3) is 5.69 Å². The van der Waals surface area contributed by atoms with Gasteiger partial charge in [0, 0.05) is 12.1 Å². The highest BCUT2D eigenvalue weighted by Crippen LogP contribution is 2.13. The molecule has 1 radical (unpaired) electrons. The molecule has 0 aromatic heterocycles. The number of aryl methyl sites for hydroxylation is 1. The third-order valence-electron chi connectivity index (χ3n) is 2.17. The fourth-order valence-corrected chi connectivity index (χ4v) is 1.33. The summed E-state index contributed by atoms with van der Waals surface area (Å²) in [6, 6.07) is 6.46. The van der Waals surface area contributed by atoms with Gasteiger partial charge < -0.3 is 4.74 Å². The van der Waals surface area contributed by atoms with E-state index in [0.717, 1.165) is 24.8 Å². The van der Waals surface area contributed by atoms with Crippen LogP contribution in [-0.2, 0) is 16.0 Å². The lowest BCUT2D eigenvalue weighted by atomic mass is 10.1. The van der Waals surface area contributed by atoms with Crippen LogP contribution in [0.15, 0.2) is 24.3 Å². The summed E-state index contributed by atoms with van der Waals surface area (Å²) in [6.07, 6.45) is 2.46. The summed E-state index contributed by atoms with van der Waals surface area (Å²) in [7, 11) is 0. The molecule has 5 nitrogen and oxygen atoms in total. The Morgan fingerprint density at radius 3 is 2.50 bits per heavy atom. The molecule has 85 valence electrons. The number of ether oxygens (including phenoxy) is 1. The van der Waals surface area contributed by atoms with Gasteiger partial charge in [-0.1, -0.05) is 12.1 Å². The first-order chi connectivity index (χ1) is 7.74. The van der Waals surface area contributed by atoms with Crippen molar-refractivity contribution in [3.05, 3.63) is 39.9 Å². The maximum absolute atomic E-state index is 10.4. The van der Waals surface area contributed by atoms with Crippen LogP contribution in [-0.4, -0.2) is 18.0 Å². The van der Waals surface area contributed by atoms with E-state index in [-0.39, 0.29) is 5.69 Å². The number of hydrogen-bond donors (Lipinski definition) is 0. The highest BCUT2D eigenvalue weighted by Gasteiger charge is 2.03. The summed E-state index contributed by atoms with van der Waals surface area (Å²) in [5.41, 5.74) is 1.14. The normalized spacial score (nSPS) is 9.75. The SMILES string of the molecule is O=[C]OCCCCc1ccc([N+](=O)[O-])cc1. The lowest BCUT2D eigenvalue weighted by Crippen LogP contribution is -1.94. The molecule has 0 unspecified atom stereocenters. The van der Waals surface area contributed by atoms with Gasteiger partial charge >= 0.3 is 6.47 Å². The fraction of sp³-hybridized carbons (Fsp3) is 0.364. The maximum atomic E-state index is 10.4. The van der Waals surface area contributed by atoms with Crippen molar-refractivity contribution in [2.75, 3.05) is 6.61 Å². The van der Waals surface area contributed by atoms with Crippen LogP contribution < -0.4 is 0 Å². The first-order valence-corrected chi connectivity index (χ1v) is 4.96. The maximum Gasteiger partial charge on any atom is 0.417 e. The van der Waals surface area contributed by atoms with E-state index in [1.54, 1.807) is 12.1 Å². The van der Waals surface area contributed by atoms with Gasteiger partial charge in [-0.2, -0.15) is 0 Å². The van der Waals surface area contributed by atoms with Gasteiger partial charge in [-0.3, -0.25) is 10.1 Å². The molecule has 0 aliphatic heterocycles. The standard InChI is InChI=1S/C11H12NO4/c13-9-16-8-2-1-3-10-4-6-11(7-5-10)12(14)15/h4-7H,1-3,8H2. The summed E-state index contributed by atoms with van der Waals surface area (Å²) >= 11 is 0. The molecule has 0 heterocycles. The molecule has 0 spiro atoms. The third kappa shape index (κ3) is 4.08. The number of hydrogen-bond acceptors (Lipinski definition) is 4. The molecule has 5 heteroatoms. The van der Waals surface area contributed by atoms with Gasteiger partial charge in [0.15, 0.2) is 0 Å². The smallest absolute Gasteiger partial charge is 0.417 e. The van der Waals surface area contributed by atoms with Crippen molar-refractivity contribution in [3.63, 3.8) is 0 Å². The van der Waals surface area contributed by atoms with Gasteiger partial charge in [-0.15, -0.1) is 0 Å². The molecule has 0 N–H and O–H groups in total. The molecule has 16 heavy (non-hydrogen) atoms. The quantitative estimate of drug-likeness (QED) is 0.402. The van der Waals surface area contributed by atoms with Crippen LogP contribution in [0.3, 0.4) is 0 Å². The summed E-state index contributed by atoms with van der Waals surface area (Å²) in [5, 5.41) is 10.4. The summed E-state index contributed by atoms with van der Waals surface area (Å²) in [6.45, 7) is 1.73. The average molecular weight is 222 g/mol. The zero-order chi connectivity index (χ0) is 11.8. The molecule has 0 atom stereocenters. The lowest BCUT2D eigenvalue weighted by Gasteiger charge is -2.00. The number of rotatable bonds is 7. The molecule has 0 saturated heterocycles. The minimum Gasteiger partial charge on any atom is -0.457 e. The number of nitrogens with zero attached hydrogens (tertiary/aromatic N) is 1. The van der Waals surface area contributed by atoms with Crippen LogP contribution in [0.4, 0.5) is 5.69 Å². The molecule has 0 aliphatic carbocycles. The first kappa shape index (κ1) is 12.2. The van der Waals surface area contributed by atoms with Crippen LogP contribution >= 0.6 is 0 Å². The molecule has 0 fully saturated rings. The molecule has 0 saturated carbocycles. The van der Waals surface area contributed by atoms with Crippen molar-refractivity contribution in [3.8, 4) is 0 Å². The number of carbonyl (C=O) groups excluding carboxylic acids is 1. The van der Waals surface area contributed by atoms with Crippen molar-refractivity contribution in [1.82, 2.24) is 0 Å². The first-order valence-electron chi connectivity index (χ1n) is 4.96. The second kappa shape index (κ2) is 6.55. The zero-order valence-electron chi connectivity index (χ0n) is 8.72. The van der Waals surface area contributed by atoms with Gasteiger partial charge in [0.2, 0.25) is 0 Å². The van der Waals surface area contributed by atoms with E-state index in [4.69, 9.17) is 0 Å². The number of non-ortho nitro benzene ring substituents is 1. The van der Waals surface area contributed by atoms with Gasteiger partial charge in [-0.05, 0) is 24.8 Å². The van der Waals surface area contributed by atoms with Crippen molar-refractivity contribution in [1.29, 1.82) is 0 Å². The number of unbranched alkanes of at least 4 members (excludes halogenated alkanes) is 1. The third-order valence-corrected chi connectivity index (χ3v) is 2.17. The molecule has 0 bridgehead atoms. The summed E-state index contributed by atoms with van der Waals surface area (Å²) in [4.78, 5) is 19.7. The Bertz CT molecular complexity index is 348. The summed E-state index contributed by atoms with van der Waals surface area (Å²) < 4.78 is 4.43. The second-order valence-corrected chi connectivity index (χ2v) is 3.31. The van der Waals surface area contributed by atoms with Crippen molar-refractivity contribution >= 4 is 12.2 Å². The van der Waals surface area contributed by atoms with Crippen LogP contribution in [0.5, 0.6) is 0 Å². The van der Waals surface area contributed by atoms with E-state index in [1.807, 2.05) is 0 Å². The lowest BCUT2D eigenvalue weighted by molar-refractivity contribution is -0.384. The summed E-state index contributed by atoms with van der Waals surface area (Å²) in [5.74, 6) is 0. The predicted molar refractivity (Wildman–Crippen MR) is 57.7 cm³/mol. The Labute approximate surface area is 93.2 Å². The van der Waals surface area contributed by atoms with Gasteiger partial charge in [0.1, 0.15) is 0 Å². The van der Waals surface area contributed by atoms with E-state index >= 15 is 0 Å². The van der Waals surface area contributed by atoms with E-state index in [9.17, 15) is 14.9 Å². The molecule has 0 aliphatic rings. The number of nitro benzene ring substituents is 1. The minimum atomic E-state index is -0.419. The fourth-order valence-electron chi connectivity index (χ4n) is 1.33. The van der Waals surface area contributed by atoms with Crippen molar-refractivity contribution in [2.45, 2.75) is 19.3 Å². The van der Waals surface area contributed by atoms with E-state index in [1.165, 1.54) is 18.6 Å². The Hall–Kier alpha value is -1.91.